The van der Waals surface area contributed by atoms with Crippen molar-refractivity contribution in [1.82, 2.24) is 10.4 Å². The zero-order chi connectivity index (χ0) is 19.0. The summed E-state index contributed by atoms with van der Waals surface area (Å²) in [6.07, 6.45) is 0.732. The van der Waals surface area contributed by atoms with Crippen LogP contribution in [-0.2, 0) is 16.0 Å². The highest BCUT2D eigenvalue weighted by Gasteiger charge is 2.32. The molecule has 0 radical (unpaired) electrons. The molecular formula is C18H27N3O3S. The summed E-state index contributed by atoms with van der Waals surface area (Å²) in [5, 5.41) is 14.0. The van der Waals surface area contributed by atoms with Crippen molar-refractivity contribution in [3.8, 4) is 0 Å². The fourth-order valence-corrected chi connectivity index (χ4v) is 2.90. The van der Waals surface area contributed by atoms with Crippen LogP contribution in [-0.4, -0.2) is 40.2 Å². The minimum Gasteiger partial charge on any atom is -0.381 e. The summed E-state index contributed by atoms with van der Waals surface area (Å²) in [6.45, 7) is 3.89. The summed E-state index contributed by atoms with van der Waals surface area (Å²) in [6, 6.07) is 8.75. The molecule has 2 amide bonds. The van der Waals surface area contributed by atoms with E-state index < -0.39 is 23.8 Å². The fourth-order valence-electron chi connectivity index (χ4n) is 2.72. The Balaban J connectivity index is 3.00. The predicted molar refractivity (Wildman–Crippen MR) is 101 cm³/mol. The van der Waals surface area contributed by atoms with Crippen molar-refractivity contribution >= 4 is 29.0 Å². The van der Waals surface area contributed by atoms with Crippen LogP contribution in [0.15, 0.2) is 30.3 Å². The molecule has 0 heterocycles. The summed E-state index contributed by atoms with van der Waals surface area (Å²) in [4.78, 5) is 24.4. The van der Waals surface area contributed by atoms with E-state index in [9.17, 15) is 14.8 Å². The first-order chi connectivity index (χ1) is 11.8. The SMILES string of the molecule is CNC(=S)[C@H](Cc1ccccc1)N(O)C(=O)[C@@H](CC(N)=O)CC(C)C. The normalized spacial score (nSPS) is 13.2. The third kappa shape index (κ3) is 6.80. The molecule has 138 valence electrons. The number of hydroxylamine groups is 2. The minimum atomic E-state index is -0.711. The number of thiocarbonyl (C=S) groups is 1. The van der Waals surface area contributed by atoms with Gasteiger partial charge in [0.2, 0.25) is 11.8 Å². The lowest BCUT2D eigenvalue weighted by Crippen LogP contribution is -2.50. The van der Waals surface area contributed by atoms with E-state index in [2.05, 4.69) is 5.32 Å². The van der Waals surface area contributed by atoms with E-state index in [-0.39, 0.29) is 12.3 Å². The maximum atomic E-state index is 12.7. The Hall–Kier alpha value is -1.99. The zero-order valence-electron chi connectivity index (χ0n) is 14.9. The average Bonchev–Trinajstić information content (AvgIpc) is 2.57. The van der Waals surface area contributed by atoms with Gasteiger partial charge < -0.3 is 11.1 Å². The third-order valence-electron chi connectivity index (χ3n) is 3.89. The van der Waals surface area contributed by atoms with Gasteiger partial charge in [-0.1, -0.05) is 56.4 Å². The molecule has 6 nitrogen and oxygen atoms in total. The molecule has 0 aliphatic rings. The lowest BCUT2D eigenvalue weighted by atomic mass is 9.92. The lowest BCUT2D eigenvalue weighted by molar-refractivity contribution is -0.176. The van der Waals surface area contributed by atoms with Crippen LogP contribution in [0.1, 0.15) is 32.3 Å². The second kappa shape index (κ2) is 10.1. The molecule has 1 aromatic carbocycles. The number of hydrogen-bond donors (Lipinski definition) is 3. The number of primary amides is 1. The zero-order valence-corrected chi connectivity index (χ0v) is 15.8. The van der Waals surface area contributed by atoms with Crippen LogP contribution in [0, 0.1) is 11.8 Å². The Morgan fingerprint density at radius 2 is 1.88 bits per heavy atom. The number of hydrogen-bond acceptors (Lipinski definition) is 4. The Bertz CT molecular complexity index is 592. The minimum absolute atomic E-state index is 0.0988. The van der Waals surface area contributed by atoms with Crippen LogP contribution < -0.4 is 11.1 Å². The Labute approximate surface area is 154 Å². The van der Waals surface area contributed by atoms with Gasteiger partial charge in [-0.3, -0.25) is 14.8 Å². The molecule has 1 aromatic rings. The van der Waals surface area contributed by atoms with Crippen molar-refractivity contribution in [2.24, 2.45) is 17.6 Å². The number of nitrogens with two attached hydrogens (primary N) is 1. The number of nitrogens with one attached hydrogen (secondary N) is 1. The molecule has 2 atom stereocenters. The molecule has 4 N–H and O–H groups in total. The van der Waals surface area contributed by atoms with Crippen molar-refractivity contribution in [2.45, 2.75) is 39.2 Å². The molecular weight excluding hydrogens is 338 g/mol. The van der Waals surface area contributed by atoms with E-state index in [0.717, 1.165) is 5.56 Å². The van der Waals surface area contributed by atoms with Gasteiger partial charge in [0.25, 0.3) is 0 Å². The first kappa shape index (κ1) is 21.1. The van der Waals surface area contributed by atoms with Gasteiger partial charge >= 0.3 is 0 Å². The molecule has 0 saturated heterocycles. The first-order valence-corrected chi connectivity index (χ1v) is 8.72. The molecule has 0 fully saturated rings. The number of amides is 2. The van der Waals surface area contributed by atoms with E-state index in [4.69, 9.17) is 18.0 Å². The average molecular weight is 365 g/mol. The summed E-state index contributed by atoms with van der Waals surface area (Å²) >= 11 is 5.28. The largest absolute Gasteiger partial charge is 0.381 e. The molecule has 0 saturated carbocycles. The number of rotatable bonds is 9. The summed E-state index contributed by atoms with van der Waals surface area (Å²) in [5.74, 6) is -1.58. The standard InChI is InChI=1S/C18H27N3O3S/c1-12(2)9-14(11-16(19)22)18(23)21(24)15(17(25)20-3)10-13-7-5-4-6-8-13/h4-8,12,14-15,24H,9-11H2,1-3H3,(H2,19,22)(H,20,25)/t14-,15+/m1/s1. The number of carbonyl (C=O) groups is 2. The number of likely N-dealkylation sites (N-methyl/N-ethyl adjacent to an activating group) is 1. The number of benzene rings is 1. The van der Waals surface area contributed by atoms with E-state index in [0.29, 0.717) is 22.9 Å². The van der Waals surface area contributed by atoms with E-state index in [1.807, 2.05) is 44.2 Å². The van der Waals surface area contributed by atoms with Gasteiger partial charge in [0.15, 0.2) is 0 Å². The highest BCUT2D eigenvalue weighted by atomic mass is 32.1. The molecule has 7 heteroatoms. The van der Waals surface area contributed by atoms with Crippen molar-refractivity contribution in [1.29, 1.82) is 0 Å². The Morgan fingerprint density at radius 1 is 1.28 bits per heavy atom. The van der Waals surface area contributed by atoms with Gasteiger partial charge in [0.05, 0.1) is 0 Å². The number of carbonyl (C=O) groups excluding carboxylic acids is 2. The van der Waals surface area contributed by atoms with Crippen LogP contribution in [0.3, 0.4) is 0 Å². The van der Waals surface area contributed by atoms with Gasteiger partial charge in [-0.05, 0) is 17.9 Å². The molecule has 0 aliphatic heterocycles. The lowest BCUT2D eigenvalue weighted by Gasteiger charge is -2.30. The maximum absolute atomic E-state index is 12.7. The van der Waals surface area contributed by atoms with Crippen LogP contribution in [0.5, 0.6) is 0 Å². The topological polar surface area (TPSA) is 95.7 Å². The van der Waals surface area contributed by atoms with E-state index in [1.54, 1.807) is 7.05 Å². The van der Waals surface area contributed by atoms with E-state index >= 15 is 0 Å². The fraction of sp³-hybridized carbons (Fsp3) is 0.500. The summed E-state index contributed by atoms with van der Waals surface area (Å²) < 4.78 is 0. The molecule has 0 aliphatic carbocycles. The molecule has 25 heavy (non-hydrogen) atoms. The van der Waals surface area contributed by atoms with Gasteiger partial charge in [-0.25, -0.2) is 5.06 Å². The van der Waals surface area contributed by atoms with Gasteiger partial charge in [0, 0.05) is 25.8 Å². The third-order valence-corrected chi connectivity index (χ3v) is 4.37. The van der Waals surface area contributed by atoms with Crippen LogP contribution in [0.2, 0.25) is 0 Å². The van der Waals surface area contributed by atoms with Crippen LogP contribution in [0.4, 0.5) is 0 Å². The van der Waals surface area contributed by atoms with Gasteiger partial charge in [-0.15, -0.1) is 0 Å². The monoisotopic (exact) mass is 365 g/mol. The molecule has 0 aromatic heterocycles. The maximum Gasteiger partial charge on any atom is 0.250 e. The smallest absolute Gasteiger partial charge is 0.250 e. The first-order valence-electron chi connectivity index (χ1n) is 8.32. The van der Waals surface area contributed by atoms with E-state index in [1.165, 1.54) is 0 Å². The van der Waals surface area contributed by atoms with Crippen molar-refractivity contribution in [2.75, 3.05) is 7.05 Å². The van der Waals surface area contributed by atoms with Crippen LogP contribution >= 0.6 is 12.2 Å². The highest BCUT2D eigenvalue weighted by molar-refractivity contribution is 7.80. The quantitative estimate of drug-likeness (QED) is 0.353. The predicted octanol–water partition coefficient (Wildman–Crippen LogP) is 1.90. The number of nitrogens with zero attached hydrogens (tertiary/aromatic N) is 1. The van der Waals surface area contributed by atoms with Crippen molar-refractivity contribution in [3.05, 3.63) is 35.9 Å². The van der Waals surface area contributed by atoms with Crippen LogP contribution in [0.25, 0.3) is 0 Å². The summed E-state index contributed by atoms with van der Waals surface area (Å²) in [7, 11) is 1.65. The molecule has 0 spiro atoms. The highest BCUT2D eigenvalue weighted by Crippen LogP contribution is 2.20. The second-order valence-corrected chi connectivity index (χ2v) is 6.94. The summed E-state index contributed by atoms with van der Waals surface area (Å²) in [5.41, 5.74) is 6.20. The molecule has 0 unspecified atom stereocenters. The molecule has 1 rings (SSSR count). The van der Waals surface area contributed by atoms with Gasteiger partial charge in [0.1, 0.15) is 11.0 Å². The Morgan fingerprint density at radius 3 is 2.36 bits per heavy atom. The van der Waals surface area contributed by atoms with Gasteiger partial charge in [-0.2, -0.15) is 0 Å². The second-order valence-electron chi connectivity index (χ2n) is 6.50. The molecule has 0 bridgehead atoms. The van der Waals surface area contributed by atoms with Crippen molar-refractivity contribution < 1.29 is 14.8 Å². The van der Waals surface area contributed by atoms with Crippen molar-refractivity contribution in [3.63, 3.8) is 0 Å². The Kier molecular flexibility index (Phi) is 8.51.